The molecule has 9 aromatic carbocycles. The zero-order valence-electron chi connectivity index (χ0n) is 33.4. The molecule has 2 aliphatic rings. The van der Waals surface area contributed by atoms with Crippen LogP contribution in [0.1, 0.15) is 0 Å². The van der Waals surface area contributed by atoms with E-state index in [0.717, 1.165) is 64.6 Å². The van der Waals surface area contributed by atoms with Crippen molar-refractivity contribution in [1.29, 1.82) is 0 Å². The van der Waals surface area contributed by atoms with Crippen molar-refractivity contribution < 1.29 is 40.0 Å². The Bertz CT molecular complexity index is 3470. The maximum atomic E-state index is 7.01. The van der Waals surface area contributed by atoms with Crippen molar-refractivity contribution >= 4 is 103 Å². The molecule has 0 aliphatic carbocycles. The lowest BCUT2D eigenvalue weighted by Gasteiger charge is -2.37. The molecule has 63 heavy (non-hydrogen) atoms. The highest BCUT2D eigenvalue weighted by atomic mass is 31.1. The van der Waals surface area contributed by atoms with E-state index in [1.54, 1.807) is 0 Å². The van der Waals surface area contributed by atoms with Crippen LogP contribution in [0.2, 0.25) is 0 Å². The lowest BCUT2D eigenvalue weighted by atomic mass is 9.99. The second-order valence-electron chi connectivity index (χ2n) is 15.9. The van der Waals surface area contributed by atoms with Crippen molar-refractivity contribution in [3.63, 3.8) is 0 Å². The van der Waals surface area contributed by atoms with Crippen LogP contribution in [-0.4, -0.2) is 37.3 Å². The lowest BCUT2D eigenvalue weighted by molar-refractivity contribution is -0.207. The quantitative estimate of drug-likeness (QED) is 0.162. The van der Waals surface area contributed by atoms with Crippen molar-refractivity contribution in [1.82, 2.24) is 0 Å². The lowest BCUT2D eigenvalue weighted by Crippen LogP contribution is -2.58. The molecule has 2 fully saturated rings. The number of para-hydroxylation sites is 1. The van der Waals surface area contributed by atoms with Crippen LogP contribution in [0.4, 0.5) is 0 Å². The minimum atomic E-state index is -2.12. The molecule has 0 N–H and O–H groups in total. The number of hydrogen-bond donors (Lipinski definition) is 0. The largest absolute Gasteiger partial charge is 0.462 e. The van der Waals surface area contributed by atoms with Gasteiger partial charge in [0, 0.05) is 21.5 Å². The molecule has 5 unspecified atom stereocenters. The third-order valence-corrected chi connectivity index (χ3v) is 14.4. The maximum Gasteiger partial charge on any atom is 0.388 e. The molecule has 11 aromatic rings. The van der Waals surface area contributed by atoms with E-state index in [4.69, 9.17) is 40.0 Å². The van der Waals surface area contributed by atoms with Gasteiger partial charge in [-0.05, 0) is 79.5 Å². The fraction of sp³-hybridized carbons (Fsp3) is 0.115. The Morgan fingerprint density at radius 2 is 0.778 bits per heavy atom. The summed E-state index contributed by atoms with van der Waals surface area (Å²) in [5, 5.41) is 12.4. The van der Waals surface area contributed by atoms with Crippen LogP contribution in [0.25, 0.3) is 87.0 Å². The van der Waals surface area contributed by atoms with E-state index in [1.165, 1.54) is 0 Å². The average molecular weight is 867 g/mol. The van der Waals surface area contributed by atoms with Gasteiger partial charge in [-0.15, -0.1) is 0 Å². The smallest absolute Gasteiger partial charge is 0.388 e. The summed E-state index contributed by atoms with van der Waals surface area (Å²) in [5.74, 6) is 0.617. The van der Waals surface area contributed by atoms with Crippen molar-refractivity contribution in [2.24, 2.45) is 0 Å². The maximum absolute atomic E-state index is 7.01. The summed E-state index contributed by atoms with van der Waals surface area (Å²) in [5.41, 5.74) is 2.62. The summed E-state index contributed by atoms with van der Waals surface area (Å²) >= 11 is 0. The molecule has 2 saturated heterocycles. The van der Waals surface area contributed by atoms with Crippen molar-refractivity contribution in [2.45, 2.75) is 30.7 Å². The summed E-state index contributed by atoms with van der Waals surface area (Å²) in [6, 6.07) is 59.1. The fourth-order valence-corrected chi connectivity index (χ4v) is 11.7. The van der Waals surface area contributed by atoms with E-state index < -0.39 is 47.2 Å². The van der Waals surface area contributed by atoms with E-state index in [0.29, 0.717) is 28.1 Å². The summed E-state index contributed by atoms with van der Waals surface area (Å²) < 4.78 is 61.1. The summed E-state index contributed by atoms with van der Waals surface area (Å²) in [6.45, 7) is 0.235. The zero-order chi connectivity index (χ0) is 41.4. The van der Waals surface area contributed by atoms with Crippen molar-refractivity contribution in [3.8, 4) is 5.75 Å². The first-order valence-electron chi connectivity index (χ1n) is 20.9. The van der Waals surface area contributed by atoms with Gasteiger partial charge in [-0.25, -0.2) is 0 Å². The molecule has 5 atom stereocenters. The van der Waals surface area contributed by atoms with E-state index in [9.17, 15) is 0 Å². The third kappa shape index (κ3) is 6.31. The van der Waals surface area contributed by atoms with E-state index in [1.807, 2.05) is 103 Å². The molecular formula is C52H36O9P2. The van der Waals surface area contributed by atoms with Gasteiger partial charge >= 0.3 is 16.5 Å². The predicted octanol–water partition coefficient (Wildman–Crippen LogP) is 14.0. The molecular weight excluding hydrogens is 831 g/mol. The van der Waals surface area contributed by atoms with E-state index >= 15 is 0 Å². The van der Waals surface area contributed by atoms with Crippen LogP contribution in [0.3, 0.4) is 0 Å². The topological polar surface area (TPSA) is 98.7 Å². The highest BCUT2D eigenvalue weighted by Crippen LogP contribution is 2.46. The highest BCUT2D eigenvalue weighted by Gasteiger charge is 2.56. The standard InChI is InChI=1S/C52H36O9P2/c1-2-16-35(17-3-1)54-52-51(61-63-58-42-28-24-33-14-6-10-20-38(33)47(42)48-39-21-11-7-15-34(39)25-29-43(48)59-63)50-49(44(55-52)30-53-50)60-62-56-40-26-22-31-12-4-8-18-36(31)45(40)46-37-19-9-5-13-32(37)23-27-41(46)57-62/h1-29,44,49-52H,30H2. The minimum absolute atomic E-state index is 0.235. The molecule has 0 radical (unpaired) electrons. The number of rotatable bonds is 6. The fourth-order valence-electron chi connectivity index (χ4n) is 9.36. The van der Waals surface area contributed by atoms with Gasteiger partial charge in [0.1, 0.15) is 46.4 Å². The summed E-state index contributed by atoms with van der Waals surface area (Å²) in [4.78, 5) is 0. The Hall–Kier alpha value is -6.54. The van der Waals surface area contributed by atoms with Crippen LogP contribution >= 0.6 is 16.5 Å². The average Bonchev–Trinajstić information content (AvgIpc) is 3.43. The van der Waals surface area contributed by atoms with Crippen LogP contribution in [-0.2, 0) is 9.47 Å². The molecule has 2 aliphatic heterocycles. The third-order valence-electron chi connectivity index (χ3n) is 12.2. The second kappa shape index (κ2) is 15.1. The Morgan fingerprint density at radius 1 is 0.397 bits per heavy atom. The minimum Gasteiger partial charge on any atom is -0.462 e. The number of ether oxygens (including phenoxy) is 3. The van der Waals surface area contributed by atoms with Gasteiger partial charge in [0.15, 0.2) is 6.10 Å². The molecule has 0 saturated carbocycles. The number of hydrogen-bond acceptors (Lipinski definition) is 9. The van der Waals surface area contributed by atoms with Crippen LogP contribution in [0.15, 0.2) is 193 Å². The molecule has 0 spiro atoms. The van der Waals surface area contributed by atoms with Gasteiger partial charge in [-0.2, -0.15) is 0 Å². The molecule has 4 heterocycles. The normalized spacial score (nSPS) is 19.8. The van der Waals surface area contributed by atoms with Gasteiger partial charge in [0.25, 0.3) is 0 Å². The molecule has 308 valence electrons. The summed E-state index contributed by atoms with van der Waals surface area (Å²) in [6.07, 6.45) is -3.67. The second-order valence-corrected chi connectivity index (χ2v) is 17.9. The van der Waals surface area contributed by atoms with E-state index in [2.05, 4.69) is 72.8 Å². The number of fused-ring (bicyclic) bond motifs is 16. The van der Waals surface area contributed by atoms with Gasteiger partial charge in [-0.3, -0.25) is 9.05 Å². The predicted molar refractivity (Wildman–Crippen MR) is 249 cm³/mol. The van der Waals surface area contributed by atoms with E-state index in [-0.39, 0.29) is 6.61 Å². The SMILES string of the molecule is c1ccc(OC2OC3COC(C3Op3oc4ccc5ccccc5c4c4c(ccc5ccccc54)o3)C2Op2oc3ccc4ccccc4c3c3c(ccc4ccccc43)o2)cc1. The molecule has 2 aromatic heterocycles. The zero-order valence-corrected chi connectivity index (χ0v) is 35.2. The molecule has 2 bridgehead atoms. The first kappa shape index (κ1) is 37.1. The van der Waals surface area contributed by atoms with Gasteiger partial charge < -0.3 is 31.0 Å². The first-order chi connectivity index (χ1) is 31.2. The Balaban J connectivity index is 0.962. The molecule has 0 amide bonds. The number of benzene rings is 9. The Morgan fingerprint density at radius 3 is 1.21 bits per heavy atom. The van der Waals surface area contributed by atoms with Crippen molar-refractivity contribution in [3.05, 3.63) is 176 Å². The van der Waals surface area contributed by atoms with Gasteiger partial charge in [0.2, 0.25) is 6.29 Å². The monoisotopic (exact) mass is 866 g/mol. The first-order valence-corrected chi connectivity index (χ1v) is 23.1. The molecule has 9 nitrogen and oxygen atoms in total. The van der Waals surface area contributed by atoms with Gasteiger partial charge in [0.05, 0.1) is 6.61 Å². The van der Waals surface area contributed by atoms with Crippen LogP contribution in [0, 0.1) is 0 Å². The summed E-state index contributed by atoms with van der Waals surface area (Å²) in [7, 11) is -4.16. The Kier molecular flexibility index (Phi) is 8.87. The molecule has 13 rings (SSSR count). The van der Waals surface area contributed by atoms with Crippen LogP contribution in [0.5, 0.6) is 5.75 Å². The Labute approximate surface area is 361 Å². The van der Waals surface area contributed by atoms with Crippen LogP contribution < -0.4 is 13.8 Å². The van der Waals surface area contributed by atoms with Crippen molar-refractivity contribution in [2.75, 3.05) is 6.61 Å². The van der Waals surface area contributed by atoms with Gasteiger partial charge in [-0.1, -0.05) is 140 Å². The molecule has 11 heteroatoms. The highest BCUT2D eigenvalue weighted by molar-refractivity contribution is 7.32.